The highest BCUT2D eigenvalue weighted by Gasteiger charge is 2.34. The maximum atomic E-state index is 13.0. The van der Waals surface area contributed by atoms with Crippen molar-refractivity contribution in [3.05, 3.63) is 53.6 Å². The molecule has 2 aromatic rings. The Bertz CT molecular complexity index is 1030. The lowest BCUT2D eigenvalue weighted by molar-refractivity contribution is -0.0939. The first-order valence-electron chi connectivity index (χ1n) is 9.20. The summed E-state index contributed by atoms with van der Waals surface area (Å²) < 4.78 is 44.5. The molecule has 0 radical (unpaired) electrons. The number of aromatic nitrogens is 3. The summed E-state index contributed by atoms with van der Waals surface area (Å²) in [5, 5.41) is 6.90. The molecule has 1 heterocycles. The molecule has 3 rings (SSSR count). The van der Waals surface area contributed by atoms with Crippen molar-refractivity contribution >= 4 is 18.0 Å². The topological polar surface area (TPSA) is 66.4 Å². The predicted octanol–water partition coefficient (Wildman–Crippen LogP) is 5.14. The summed E-state index contributed by atoms with van der Waals surface area (Å²) in [5.41, 5.74) is 2.03. The number of anilines is 1. The van der Waals surface area contributed by atoms with Crippen molar-refractivity contribution in [1.29, 1.82) is 0 Å². The Morgan fingerprint density at radius 2 is 2.13 bits per heavy atom. The van der Waals surface area contributed by atoms with Gasteiger partial charge in [0.2, 0.25) is 0 Å². The van der Waals surface area contributed by atoms with Gasteiger partial charge in [0, 0.05) is 30.0 Å². The first-order chi connectivity index (χ1) is 14.2. The molecule has 0 aliphatic heterocycles. The molecule has 0 amide bonds. The van der Waals surface area contributed by atoms with E-state index in [1.807, 2.05) is 37.2 Å². The van der Waals surface area contributed by atoms with Crippen LogP contribution >= 0.6 is 0 Å². The summed E-state index contributed by atoms with van der Waals surface area (Å²) in [6.07, 6.45) is 0.587. The molecule has 1 aromatic carbocycles. The fourth-order valence-electron chi connectivity index (χ4n) is 3.11. The molecule has 1 N–H and O–H groups in total. The zero-order chi connectivity index (χ0) is 21.9. The Balaban J connectivity index is 1.90. The molecule has 0 saturated heterocycles. The Labute approximate surface area is 172 Å². The molecular formula is C21H22F3N5O. The van der Waals surface area contributed by atoms with Gasteiger partial charge >= 0.3 is 6.18 Å². The van der Waals surface area contributed by atoms with Crippen LogP contribution in [0.2, 0.25) is 0 Å². The van der Waals surface area contributed by atoms with Gasteiger partial charge in [-0.2, -0.15) is 18.3 Å². The summed E-state index contributed by atoms with van der Waals surface area (Å²) in [6.45, 7) is 5.33. The van der Waals surface area contributed by atoms with Crippen LogP contribution < -0.4 is 9.64 Å². The predicted molar refractivity (Wildman–Crippen MR) is 111 cm³/mol. The lowest BCUT2D eigenvalue weighted by atomic mass is 9.99. The zero-order valence-electron chi connectivity index (χ0n) is 16.9. The second-order valence-corrected chi connectivity index (χ2v) is 6.80. The summed E-state index contributed by atoms with van der Waals surface area (Å²) in [4.78, 5) is 10.1. The standard InChI is InChI=1S/C21H22F3N5O/c1-13(25-2)12-29(3)17-9-8-15(11-18(17)30-4)20-26-19(27-28-20)14-6-5-7-16(10-14)21(22,23)24/h6,8-12H,2,5,7H2,1,3-4H3,(H,26,27,28)/b13-12-. The van der Waals surface area contributed by atoms with E-state index in [0.717, 1.165) is 17.5 Å². The molecular weight excluding hydrogens is 395 g/mol. The molecule has 0 fully saturated rings. The van der Waals surface area contributed by atoms with Crippen molar-refractivity contribution in [2.75, 3.05) is 19.1 Å². The van der Waals surface area contributed by atoms with Crippen LogP contribution in [0.25, 0.3) is 17.0 Å². The second-order valence-electron chi connectivity index (χ2n) is 6.80. The van der Waals surface area contributed by atoms with Crippen molar-refractivity contribution < 1.29 is 17.9 Å². The van der Waals surface area contributed by atoms with Crippen LogP contribution in [0.15, 0.2) is 52.8 Å². The van der Waals surface area contributed by atoms with Gasteiger partial charge in [-0.05, 0) is 50.8 Å². The maximum Gasteiger partial charge on any atom is 0.412 e. The number of H-pyrrole nitrogens is 1. The molecule has 0 bridgehead atoms. The number of nitrogens with zero attached hydrogens (tertiary/aromatic N) is 4. The fourth-order valence-corrected chi connectivity index (χ4v) is 3.11. The normalized spacial score (nSPS) is 14.8. The van der Waals surface area contributed by atoms with Crippen LogP contribution in [0.5, 0.6) is 5.75 Å². The van der Waals surface area contributed by atoms with Crippen LogP contribution in [-0.4, -0.2) is 42.2 Å². The summed E-state index contributed by atoms with van der Waals surface area (Å²) in [7, 11) is 3.41. The Hall–Kier alpha value is -3.36. The molecule has 0 spiro atoms. The molecule has 30 heavy (non-hydrogen) atoms. The first-order valence-corrected chi connectivity index (χ1v) is 9.20. The van der Waals surface area contributed by atoms with Gasteiger partial charge < -0.3 is 9.64 Å². The minimum atomic E-state index is -4.34. The number of nitrogens with one attached hydrogen (secondary N) is 1. The largest absolute Gasteiger partial charge is 0.495 e. The first kappa shape index (κ1) is 21.4. The van der Waals surface area contributed by atoms with E-state index in [9.17, 15) is 13.2 Å². The third kappa shape index (κ3) is 4.61. The minimum Gasteiger partial charge on any atom is -0.495 e. The fraction of sp³-hybridized carbons (Fsp3) is 0.286. The number of halogens is 3. The molecule has 1 aliphatic rings. The van der Waals surface area contributed by atoms with Gasteiger partial charge in [-0.1, -0.05) is 6.08 Å². The van der Waals surface area contributed by atoms with E-state index in [-0.39, 0.29) is 6.42 Å². The van der Waals surface area contributed by atoms with Crippen LogP contribution in [0, 0.1) is 0 Å². The summed E-state index contributed by atoms with van der Waals surface area (Å²) in [6, 6.07) is 5.44. The molecule has 0 saturated carbocycles. The van der Waals surface area contributed by atoms with Crippen molar-refractivity contribution in [3.63, 3.8) is 0 Å². The van der Waals surface area contributed by atoms with Crippen LogP contribution in [0.4, 0.5) is 18.9 Å². The monoisotopic (exact) mass is 417 g/mol. The highest BCUT2D eigenvalue weighted by Crippen LogP contribution is 2.36. The van der Waals surface area contributed by atoms with E-state index < -0.39 is 11.7 Å². The number of rotatable bonds is 6. The SMILES string of the molecule is C=N/C(C)=C\N(C)c1ccc(-c2n[nH]c(C3=CCCC(C(F)(F)F)=C3)n2)cc1OC. The second kappa shape index (κ2) is 8.56. The van der Waals surface area contributed by atoms with Crippen molar-refractivity contribution in [3.8, 4) is 17.1 Å². The Kier molecular flexibility index (Phi) is 6.09. The number of allylic oxidation sites excluding steroid dienone is 5. The molecule has 1 aromatic heterocycles. The number of aliphatic imine (C=N–C) groups is 1. The summed E-state index contributed by atoms with van der Waals surface area (Å²) >= 11 is 0. The lowest BCUT2D eigenvalue weighted by Crippen LogP contribution is -2.13. The van der Waals surface area contributed by atoms with Crippen molar-refractivity contribution in [1.82, 2.24) is 15.2 Å². The van der Waals surface area contributed by atoms with Crippen molar-refractivity contribution in [2.24, 2.45) is 4.99 Å². The number of methoxy groups -OCH3 is 1. The number of aromatic amines is 1. The van der Waals surface area contributed by atoms with E-state index in [0.29, 0.717) is 35.0 Å². The van der Waals surface area contributed by atoms with Gasteiger partial charge in [-0.15, -0.1) is 0 Å². The quantitative estimate of drug-likeness (QED) is 0.661. The van der Waals surface area contributed by atoms with Crippen LogP contribution in [0.1, 0.15) is 25.6 Å². The summed E-state index contributed by atoms with van der Waals surface area (Å²) in [5.74, 6) is 1.25. The van der Waals surface area contributed by atoms with Crippen LogP contribution in [0.3, 0.4) is 0 Å². The maximum absolute atomic E-state index is 13.0. The highest BCUT2D eigenvalue weighted by atomic mass is 19.4. The number of alkyl halides is 3. The number of hydrogen-bond donors (Lipinski definition) is 1. The van der Waals surface area contributed by atoms with E-state index in [1.165, 1.54) is 0 Å². The average molecular weight is 417 g/mol. The zero-order valence-corrected chi connectivity index (χ0v) is 16.9. The van der Waals surface area contributed by atoms with Crippen molar-refractivity contribution in [2.45, 2.75) is 25.9 Å². The molecule has 0 atom stereocenters. The molecule has 158 valence electrons. The molecule has 1 aliphatic carbocycles. The van der Waals surface area contributed by atoms with E-state index in [1.54, 1.807) is 19.3 Å². The van der Waals surface area contributed by atoms with Gasteiger partial charge in [-0.3, -0.25) is 10.1 Å². The van der Waals surface area contributed by atoms with E-state index >= 15 is 0 Å². The van der Waals surface area contributed by atoms with Gasteiger partial charge in [0.1, 0.15) is 5.75 Å². The molecule has 0 unspecified atom stereocenters. The van der Waals surface area contributed by atoms with Gasteiger partial charge in [0.05, 0.1) is 18.5 Å². The van der Waals surface area contributed by atoms with Gasteiger partial charge in [-0.25, -0.2) is 4.98 Å². The third-order valence-electron chi connectivity index (χ3n) is 4.68. The number of benzene rings is 1. The molecule has 9 heteroatoms. The smallest absolute Gasteiger partial charge is 0.412 e. The van der Waals surface area contributed by atoms with E-state index in [2.05, 4.69) is 26.9 Å². The number of hydrogen-bond acceptors (Lipinski definition) is 5. The molecule has 6 nitrogen and oxygen atoms in total. The van der Waals surface area contributed by atoms with Gasteiger partial charge in [0.15, 0.2) is 11.6 Å². The third-order valence-corrected chi connectivity index (χ3v) is 4.68. The van der Waals surface area contributed by atoms with E-state index in [4.69, 9.17) is 4.74 Å². The van der Waals surface area contributed by atoms with Crippen LogP contribution in [-0.2, 0) is 0 Å². The Morgan fingerprint density at radius 1 is 1.37 bits per heavy atom. The Morgan fingerprint density at radius 3 is 2.80 bits per heavy atom. The lowest BCUT2D eigenvalue weighted by Gasteiger charge is -2.18. The minimum absolute atomic E-state index is 0.0323. The highest BCUT2D eigenvalue weighted by molar-refractivity contribution is 5.74. The number of ether oxygens (including phenoxy) is 1. The average Bonchev–Trinajstić information content (AvgIpc) is 3.23. The van der Waals surface area contributed by atoms with Gasteiger partial charge in [0.25, 0.3) is 0 Å².